The highest BCUT2D eigenvalue weighted by Gasteiger charge is 2.02. The molecule has 2 aromatic rings. The summed E-state index contributed by atoms with van der Waals surface area (Å²) in [5.41, 5.74) is 2.73. The van der Waals surface area contributed by atoms with E-state index in [4.69, 9.17) is 0 Å². The van der Waals surface area contributed by atoms with Gasteiger partial charge < -0.3 is 4.57 Å². The summed E-state index contributed by atoms with van der Waals surface area (Å²) in [5, 5.41) is 1.07. The minimum Gasteiger partial charge on any atom is -0.329 e. The molecule has 0 aliphatic rings. The molecular weight excluding hydrogens is 204 g/mol. The van der Waals surface area contributed by atoms with Crippen molar-refractivity contribution in [2.24, 2.45) is 7.05 Å². The number of hydrogen-bond donors (Lipinski definition) is 0. The zero-order valence-electron chi connectivity index (χ0n) is 8.97. The highest BCUT2D eigenvalue weighted by Crippen LogP contribution is 2.21. The van der Waals surface area contributed by atoms with Crippen molar-refractivity contribution in [1.82, 2.24) is 9.55 Å². The van der Waals surface area contributed by atoms with Crippen LogP contribution in [0.2, 0.25) is 0 Å². The second-order valence-corrected chi connectivity index (χ2v) is 4.48. The normalized spacial score (nSPS) is 10.5. The van der Waals surface area contributed by atoms with Gasteiger partial charge in [0.05, 0.1) is 0 Å². The molecule has 1 aromatic carbocycles. The second kappa shape index (κ2) is 4.53. The summed E-state index contributed by atoms with van der Waals surface area (Å²) in [6.45, 7) is 2.15. The fraction of sp³-hybridized carbons (Fsp3) is 0.250. The standard InChI is InChI=1S/C12H14N2S/c1-10-5-3-4-6-11(10)9-15-12-13-7-8-14(12)2/h3-8H,9H2,1-2H3. The van der Waals surface area contributed by atoms with Crippen LogP contribution < -0.4 is 0 Å². The zero-order chi connectivity index (χ0) is 10.7. The van der Waals surface area contributed by atoms with Crippen LogP contribution in [0.15, 0.2) is 41.8 Å². The number of nitrogens with zero attached hydrogens (tertiary/aromatic N) is 2. The second-order valence-electron chi connectivity index (χ2n) is 3.54. The summed E-state index contributed by atoms with van der Waals surface area (Å²) in [6.07, 6.45) is 3.81. The van der Waals surface area contributed by atoms with Crippen LogP contribution in [0.25, 0.3) is 0 Å². The van der Waals surface area contributed by atoms with Crippen LogP contribution in [-0.4, -0.2) is 9.55 Å². The van der Waals surface area contributed by atoms with Crippen molar-refractivity contribution in [3.05, 3.63) is 47.8 Å². The Labute approximate surface area is 94.3 Å². The summed E-state index contributed by atoms with van der Waals surface area (Å²) in [7, 11) is 2.02. The topological polar surface area (TPSA) is 17.8 Å². The first-order valence-corrected chi connectivity index (χ1v) is 5.90. The molecule has 15 heavy (non-hydrogen) atoms. The molecular formula is C12H14N2S. The van der Waals surface area contributed by atoms with Crippen molar-refractivity contribution in [1.29, 1.82) is 0 Å². The van der Waals surface area contributed by atoms with Crippen LogP contribution in [0, 0.1) is 6.92 Å². The van der Waals surface area contributed by atoms with Crippen LogP contribution in [-0.2, 0) is 12.8 Å². The lowest BCUT2D eigenvalue weighted by Gasteiger charge is -2.04. The van der Waals surface area contributed by atoms with Crippen molar-refractivity contribution in [2.75, 3.05) is 0 Å². The molecule has 0 saturated carbocycles. The first kappa shape index (κ1) is 10.3. The molecule has 0 spiro atoms. The Kier molecular flexibility index (Phi) is 3.11. The Morgan fingerprint density at radius 2 is 2.13 bits per heavy atom. The molecule has 0 N–H and O–H groups in total. The van der Waals surface area contributed by atoms with Gasteiger partial charge in [0.1, 0.15) is 0 Å². The molecule has 1 aromatic heterocycles. The van der Waals surface area contributed by atoms with Gasteiger partial charge in [-0.1, -0.05) is 36.0 Å². The summed E-state index contributed by atoms with van der Waals surface area (Å²) < 4.78 is 2.04. The molecule has 0 fully saturated rings. The number of imidazole rings is 1. The molecule has 0 saturated heterocycles. The third-order valence-electron chi connectivity index (χ3n) is 2.40. The largest absolute Gasteiger partial charge is 0.329 e. The molecule has 0 bridgehead atoms. The summed E-state index contributed by atoms with van der Waals surface area (Å²) in [4.78, 5) is 4.29. The number of benzene rings is 1. The molecule has 0 amide bonds. The van der Waals surface area contributed by atoms with Gasteiger partial charge in [-0.3, -0.25) is 0 Å². The Balaban J connectivity index is 2.06. The van der Waals surface area contributed by atoms with E-state index in [0.29, 0.717) is 0 Å². The third-order valence-corrected chi connectivity index (χ3v) is 3.50. The number of thioether (sulfide) groups is 1. The lowest BCUT2D eigenvalue weighted by molar-refractivity contribution is 0.790. The molecule has 0 aliphatic heterocycles. The summed E-state index contributed by atoms with van der Waals surface area (Å²) >= 11 is 1.77. The minimum absolute atomic E-state index is 0.984. The molecule has 1 heterocycles. The van der Waals surface area contributed by atoms with Crippen LogP contribution in [0.1, 0.15) is 11.1 Å². The molecule has 0 radical (unpaired) electrons. The maximum Gasteiger partial charge on any atom is 0.167 e. The van der Waals surface area contributed by atoms with E-state index >= 15 is 0 Å². The van der Waals surface area contributed by atoms with Crippen molar-refractivity contribution < 1.29 is 0 Å². The number of rotatable bonds is 3. The predicted molar refractivity (Wildman–Crippen MR) is 63.9 cm³/mol. The van der Waals surface area contributed by atoms with E-state index in [9.17, 15) is 0 Å². The van der Waals surface area contributed by atoms with E-state index in [1.54, 1.807) is 11.8 Å². The SMILES string of the molecule is Cc1ccccc1CSc1nccn1C. The molecule has 2 nitrogen and oxygen atoms in total. The van der Waals surface area contributed by atoms with Crippen molar-refractivity contribution >= 4 is 11.8 Å². The minimum atomic E-state index is 0.984. The Morgan fingerprint density at radius 3 is 2.80 bits per heavy atom. The van der Waals surface area contributed by atoms with Crippen LogP contribution >= 0.6 is 11.8 Å². The van der Waals surface area contributed by atoms with Crippen LogP contribution in [0.5, 0.6) is 0 Å². The maximum atomic E-state index is 4.29. The average molecular weight is 218 g/mol. The Hall–Kier alpha value is -1.22. The van der Waals surface area contributed by atoms with Gasteiger partial charge in [0.25, 0.3) is 0 Å². The van der Waals surface area contributed by atoms with Crippen LogP contribution in [0.4, 0.5) is 0 Å². The van der Waals surface area contributed by atoms with Gasteiger partial charge in [-0.2, -0.15) is 0 Å². The summed E-state index contributed by atoms with van der Waals surface area (Å²) in [6, 6.07) is 8.48. The fourth-order valence-corrected chi connectivity index (χ4v) is 2.41. The maximum absolute atomic E-state index is 4.29. The van der Waals surface area contributed by atoms with Gasteiger partial charge in [-0.15, -0.1) is 0 Å². The number of aryl methyl sites for hydroxylation is 2. The van der Waals surface area contributed by atoms with E-state index in [1.165, 1.54) is 11.1 Å². The quantitative estimate of drug-likeness (QED) is 0.737. The highest BCUT2D eigenvalue weighted by molar-refractivity contribution is 7.98. The van der Waals surface area contributed by atoms with E-state index in [2.05, 4.69) is 36.2 Å². The lowest BCUT2D eigenvalue weighted by atomic mass is 10.1. The van der Waals surface area contributed by atoms with Crippen molar-refractivity contribution in [3.63, 3.8) is 0 Å². The summed E-state index contributed by atoms with van der Waals surface area (Å²) in [5.74, 6) is 0.984. The average Bonchev–Trinajstić information content (AvgIpc) is 2.63. The first-order valence-electron chi connectivity index (χ1n) is 4.92. The monoisotopic (exact) mass is 218 g/mol. The van der Waals surface area contributed by atoms with E-state index in [-0.39, 0.29) is 0 Å². The lowest BCUT2D eigenvalue weighted by Crippen LogP contribution is -1.91. The molecule has 0 aliphatic carbocycles. The molecule has 2 rings (SSSR count). The van der Waals surface area contributed by atoms with Gasteiger partial charge in [0.15, 0.2) is 5.16 Å². The molecule has 0 unspecified atom stereocenters. The van der Waals surface area contributed by atoms with Gasteiger partial charge in [0.2, 0.25) is 0 Å². The van der Waals surface area contributed by atoms with Crippen molar-refractivity contribution in [3.8, 4) is 0 Å². The van der Waals surface area contributed by atoms with Gasteiger partial charge in [0, 0.05) is 25.2 Å². The number of aromatic nitrogens is 2. The molecule has 3 heteroatoms. The zero-order valence-corrected chi connectivity index (χ0v) is 9.79. The number of hydrogen-bond acceptors (Lipinski definition) is 2. The molecule has 78 valence electrons. The van der Waals surface area contributed by atoms with Crippen LogP contribution in [0.3, 0.4) is 0 Å². The van der Waals surface area contributed by atoms with E-state index < -0.39 is 0 Å². The van der Waals surface area contributed by atoms with Gasteiger partial charge >= 0.3 is 0 Å². The molecule has 0 atom stereocenters. The third kappa shape index (κ3) is 2.42. The first-order chi connectivity index (χ1) is 7.27. The Morgan fingerprint density at radius 1 is 1.33 bits per heavy atom. The van der Waals surface area contributed by atoms with Crippen molar-refractivity contribution in [2.45, 2.75) is 17.8 Å². The predicted octanol–water partition coefficient (Wildman–Crippen LogP) is 3.02. The van der Waals surface area contributed by atoms with E-state index in [1.807, 2.05) is 24.0 Å². The fourth-order valence-electron chi connectivity index (χ4n) is 1.41. The van der Waals surface area contributed by atoms with E-state index in [0.717, 1.165) is 10.9 Å². The van der Waals surface area contributed by atoms with Gasteiger partial charge in [-0.05, 0) is 18.1 Å². The smallest absolute Gasteiger partial charge is 0.167 e. The Bertz CT molecular complexity index is 448. The van der Waals surface area contributed by atoms with Gasteiger partial charge in [-0.25, -0.2) is 4.98 Å². The highest BCUT2D eigenvalue weighted by atomic mass is 32.2.